The Balaban J connectivity index is 2.29. The van der Waals surface area contributed by atoms with Gasteiger partial charge in [-0.1, -0.05) is 15.9 Å². The molecule has 1 aliphatic rings. The molecule has 1 rings (SSSR count). The van der Waals surface area contributed by atoms with E-state index in [1.807, 2.05) is 20.8 Å². The highest BCUT2D eigenvalue weighted by Crippen LogP contribution is 2.46. The number of hydrogen-bond donors (Lipinski definition) is 0. The maximum atomic E-state index is 11.3. The molecular formula is C9H15BrO2. The van der Waals surface area contributed by atoms with Gasteiger partial charge in [0.1, 0.15) is 6.61 Å². The van der Waals surface area contributed by atoms with Crippen LogP contribution in [0.2, 0.25) is 0 Å². The first-order valence-electron chi connectivity index (χ1n) is 4.20. The van der Waals surface area contributed by atoms with Crippen molar-refractivity contribution in [1.82, 2.24) is 0 Å². The van der Waals surface area contributed by atoms with E-state index in [1.54, 1.807) is 0 Å². The normalized spacial score (nSPS) is 20.3. The van der Waals surface area contributed by atoms with E-state index in [4.69, 9.17) is 4.74 Å². The van der Waals surface area contributed by atoms with E-state index < -0.39 is 0 Å². The van der Waals surface area contributed by atoms with Gasteiger partial charge in [-0.25, -0.2) is 0 Å². The molecule has 12 heavy (non-hydrogen) atoms. The van der Waals surface area contributed by atoms with Crippen molar-refractivity contribution in [3.8, 4) is 0 Å². The van der Waals surface area contributed by atoms with Gasteiger partial charge in [-0.05, 0) is 33.6 Å². The van der Waals surface area contributed by atoms with E-state index in [0.29, 0.717) is 6.61 Å². The van der Waals surface area contributed by atoms with Crippen molar-refractivity contribution in [3.63, 3.8) is 0 Å². The predicted octanol–water partition coefficient (Wildman–Crippen LogP) is 2.50. The van der Waals surface area contributed by atoms with Crippen molar-refractivity contribution >= 4 is 21.9 Å². The van der Waals surface area contributed by atoms with E-state index in [-0.39, 0.29) is 15.7 Å². The van der Waals surface area contributed by atoms with Gasteiger partial charge in [0.2, 0.25) is 0 Å². The van der Waals surface area contributed by atoms with E-state index in [2.05, 4.69) is 15.9 Å². The Morgan fingerprint density at radius 1 is 1.58 bits per heavy atom. The summed E-state index contributed by atoms with van der Waals surface area (Å²) >= 11 is 3.42. The van der Waals surface area contributed by atoms with E-state index in [9.17, 15) is 4.79 Å². The minimum absolute atomic E-state index is 0.0463. The van der Waals surface area contributed by atoms with Crippen LogP contribution in [0.5, 0.6) is 0 Å². The van der Waals surface area contributed by atoms with Gasteiger partial charge >= 0.3 is 5.97 Å². The molecule has 0 radical (unpaired) electrons. The lowest BCUT2D eigenvalue weighted by Gasteiger charge is -2.17. The number of halogens is 1. The molecule has 0 aromatic carbocycles. The molecule has 2 nitrogen and oxygen atoms in total. The summed E-state index contributed by atoms with van der Waals surface area (Å²) in [4.78, 5) is 11.3. The summed E-state index contributed by atoms with van der Waals surface area (Å²) in [5.41, 5.74) is -0.155. The minimum Gasteiger partial charge on any atom is -0.464 e. The summed E-state index contributed by atoms with van der Waals surface area (Å²) in [5.74, 6) is -0.0463. The summed E-state index contributed by atoms with van der Waals surface area (Å²) in [6.45, 7) is 6.36. The molecule has 0 aliphatic heterocycles. The van der Waals surface area contributed by atoms with Gasteiger partial charge in [0, 0.05) is 0 Å². The van der Waals surface area contributed by atoms with Crippen LogP contribution in [0.25, 0.3) is 0 Å². The Labute approximate surface area is 81.8 Å². The number of esters is 1. The molecule has 1 aliphatic carbocycles. The molecule has 1 fully saturated rings. The van der Waals surface area contributed by atoms with Crippen LogP contribution in [0.4, 0.5) is 0 Å². The number of carbonyl (C=O) groups is 1. The van der Waals surface area contributed by atoms with Crippen LogP contribution >= 0.6 is 15.9 Å². The fourth-order valence-corrected chi connectivity index (χ4v) is 0.917. The second-order valence-corrected chi connectivity index (χ2v) is 6.50. The zero-order valence-corrected chi connectivity index (χ0v) is 9.40. The van der Waals surface area contributed by atoms with E-state index >= 15 is 0 Å². The monoisotopic (exact) mass is 234 g/mol. The van der Waals surface area contributed by atoms with Gasteiger partial charge in [-0.15, -0.1) is 0 Å². The number of hydrogen-bond acceptors (Lipinski definition) is 2. The highest BCUT2D eigenvalue weighted by molar-refractivity contribution is 9.10. The fourth-order valence-electron chi connectivity index (χ4n) is 0.803. The average Bonchev–Trinajstić information content (AvgIpc) is 2.62. The Morgan fingerprint density at radius 3 is 2.42 bits per heavy atom. The Bertz CT molecular complexity index is 189. The highest BCUT2D eigenvalue weighted by Gasteiger charge is 2.46. The third-order valence-electron chi connectivity index (χ3n) is 2.04. The smallest absolute Gasteiger partial charge is 0.311 e. The first-order chi connectivity index (χ1) is 5.33. The molecule has 0 saturated heterocycles. The quantitative estimate of drug-likeness (QED) is 0.555. The summed E-state index contributed by atoms with van der Waals surface area (Å²) in [6.07, 6.45) is 1.96. The van der Waals surface area contributed by atoms with Crippen molar-refractivity contribution < 1.29 is 9.53 Å². The second kappa shape index (κ2) is 3.02. The number of alkyl halides is 1. The molecule has 0 aromatic heterocycles. The maximum Gasteiger partial charge on any atom is 0.311 e. The largest absolute Gasteiger partial charge is 0.464 e. The summed E-state index contributed by atoms with van der Waals surface area (Å²) in [7, 11) is 0. The van der Waals surface area contributed by atoms with Crippen molar-refractivity contribution in [3.05, 3.63) is 0 Å². The average molecular weight is 235 g/mol. The number of carbonyl (C=O) groups excluding carboxylic acids is 1. The molecule has 0 unspecified atom stereocenters. The third kappa shape index (κ3) is 2.77. The second-order valence-electron chi connectivity index (χ2n) is 4.36. The highest BCUT2D eigenvalue weighted by atomic mass is 79.9. The molecule has 1 saturated carbocycles. The van der Waals surface area contributed by atoms with E-state index in [1.165, 1.54) is 0 Å². The number of rotatable bonds is 3. The fraction of sp³-hybridized carbons (Fsp3) is 0.889. The number of ether oxygens (including phenoxy) is 1. The van der Waals surface area contributed by atoms with Gasteiger partial charge in [0.05, 0.1) is 9.74 Å². The van der Waals surface area contributed by atoms with Crippen LogP contribution in [-0.4, -0.2) is 16.9 Å². The van der Waals surface area contributed by atoms with Crippen LogP contribution in [-0.2, 0) is 9.53 Å². The summed E-state index contributed by atoms with van der Waals surface area (Å²) in [5, 5.41) is 0. The van der Waals surface area contributed by atoms with Crippen LogP contribution < -0.4 is 0 Å². The van der Waals surface area contributed by atoms with Crippen molar-refractivity contribution in [1.29, 1.82) is 0 Å². The third-order valence-corrected chi connectivity index (χ3v) is 2.27. The van der Waals surface area contributed by atoms with Crippen molar-refractivity contribution in [2.24, 2.45) is 5.41 Å². The molecular weight excluding hydrogens is 220 g/mol. The zero-order valence-electron chi connectivity index (χ0n) is 7.82. The topological polar surface area (TPSA) is 26.3 Å². The molecule has 0 N–H and O–H groups in total. The standard InChI is InChI=1S/C9H15BrO2/c1-8(2,10)6-12-7(11)9(3)4-5-9/h4-6H2,1-3H3. The van der Waals surface area contributed by atoms with Crippen LogP contribution in [0, 0.1) is 5.41 Å². The zero-order chi connectivity index (χ0) is 9.41. The predicted molar refractivity (Wildman–Crippen MR) is 51.3 cm³/mol. The SMILES string of the molecule is CC(C)(Br)COC(=O)C1(C)CC1. The van der Waals surface area contributed by atoms with Gasteiger partial charge in [-0.3, -0.25) is 4.79 Å². The minimum atomic E-state index is -0.155. The molecule has 0 atom stereocenters. The first kappa shape index (κ1) is 10.0. The molecule has 0 spiro atoms. The molecule has 0 aromatic rings. The lowest BCUT2D eigenvalue weighted by atomic mass is 10.1. The van der Waals surface area contributed by atoms with Crippen LogP contribution in [0.15, 0.2) is 0 Å². The van der Waals surface area contributed by atoms with Crippen LogP contribution in [0.1, 0.15) is 33.6 Å². The lowest BCUT2D eigenvalue weighted by molar-refractivity contribution is -0.150. The Morgan fingerprint density at radius 2 is 2.08 bits per heavy atom. The molecule has 70 valence electrons. The lowest BCUT2D eigenvalue weighted by Crippen LogP contribution is -2.25. The molecule has 0 amide bonds. The maximum absolute atomic E-state index is 11.3. The van der Waals surface area contributed by atoms with E-state index in [0.717, 1.165) is 12.8 Å². The Kier molecular flexibility index (Phi) is 2.52. The molecule has 0 heterocycles. The van der Waals surface area contributed by atoms with Crippen LogP contribution in [0.3, 0.4) is 0 Å². The Hall–Kier alpha value is -0.0500. The summed E-state index contributed by atoms with van der Waals surface area (Å²) < 4.78 is 5.04. The summed E-state index contributed by atoms with van der Waals surface area (Å²) in [6, 6.07) is 0. The van der Waals surface area contributed by atoms with Gasteiger partial charge < -0.3 is 4.74 Å². The molecule has 3 heteroatoms. The molecule has 0 bridgehead atoms. The van der Waals surface area contributed by atoms with Gasteiger partial charge in [0.15, 0.2) is 0 Å². The van der Waals surface area contributed by atoms with Crippen molar-refractivity contribution in [2.75, 3.05) is 6.61 Å². The van der Waals surface area contributed by atoms with Gasteiger partial charge in [-0.2, -0.15) is 0 Å². The van der Waals surface area contributed by atoms with Gasteiger partial charge in [0.25, 0.3) is 0 Å². The first-order valence-corrected chi connectivity index (χ1v) is 4.99. The van der Waals surface area contributed by atoms with Crippen molar-refractivity contribution in [2.45, 2.75) is 37.9 Å².